The van der Waals surface area contributed by atoms with Gasteiger partial charge in [0, 0.05) is 17.7 Å². The summed E-state index contributed by atoms with van der Waals surface area (Å²) in [5.41, 5.74) is -0.309. The largest absolute Gasteiger partial charge is 0.480 e. The summed E-state index contributed by atoms with van der Waals surface area (Å²) in [4.78, 5) is 35.2. The van der Waals surface area contributed by atoms with Crippen LogP contribution < -0.4 is 10.6 Å². The minimum Gasteiger partial charge on any atom is -0.480 e. The molecule has 6 heteroatoms. The number of hydrogen-bond acceptors (Lipinski definition) is 3. The molecule has 0 unspecified atom stereocenters. The Hall–Kier alpha value is -2.37. The Morgan fingerprint density at radius 3 is 2.50 bits per heavy atom. The van der Waals surface area contributed by atoms with Gasteiger partial charge in [0.15, 0.2) is 0 Å². The van der Waals surface area contributed by atoms with Crippen LogP contribution in [0.4, 0.5) is 5.69 Å². The fourth-order valence-electron chi connectivity index (χ4n) is 2.65. The number of rotatable bonds is 5. The molecule has 0 bridgehead atoms. The van der Waals surface area contributed by atoms with E-state index < -0.39 is 17.4 Å². The zero-order valence-electron chi connectivity index (χ0n) is 12.5. The molecule has 3 N–H and O–H groups in total. The van der Waals surface area contributed by atoms with Gasteiger partial charge in [0.05, 0.1) is 0 Å². The number of carboxylic acids is 1. The first kappa shape index (κ1) is 16.0. The molecule has 118 valence electrons. The first-order chi connectivity index (χ1) is 10.5. The molecule has 2 rings (SSSR count). The van der Waals surface area contributed by atoms with Crippen molar-refractivity contribution in [2.24, 2.45) is 0 Å². The number of benzene rings is 1. The van der Waals surface area contributed by atoms with Crippen LogP contribution in [0.5, 0.6) is 0 Å². The second-order valence-electron chi connectivity index (χ2n) is 5.53. The minimum absolute atomic E-state index is 0.143. The zero-order valence-corrected chi connectivity index (χ0v) is 12.5. The van der Waals surface area contributed by atoms with Crippen molar-refractivity contribution in [3.05, 3.63) is 29.8 Å². The predicted molar refractivity (Wildman–Crippen MR) is 81.7 cm³/mol. The maximum Gasteiger partial charge on any atom is 0.329 e. The second kappa shape index (κ2) is 6.60. The Kier molecular flexibility index (Phi) is 4.80. The van der Waals surface area contributed by atoms with Crippen LogP contribution in [0.25, 0.3) is 0 Å². The Morgan fingerprint density at radius 2 is 1.91 bits per heavy atom. The van der Waals surface area contributed by atoms with Gasteiger partial charge in [0.1, 0.15) is 5.54 Å². The first-order valence-corrected chi connectivity index (χ1v) is 7.43. The number of aliphatic carboxylic acids is 1. The second-order valence-corrected chi connectivity index (χ2v) is 5.53. The van der Waals surface area contributed by atoms with Gasteiger partial charge < -0.3 is 15.7 Å². The molecule has 0 saturated heterocycles. The van der Waals surface area contributed by atoms with Crippen molar-refractivity contribution in [2.75, 3.05) is 5.32 Å². The Morgan fingerprint density at radius 1 is 1.23 bits per heavy atom. The lowest BCUT2D eigenvalue weighted by molar-refractivity contribution is -0.144. The SMILES string of the molecule is CCC(=O)Nc1cccc(C(=O)NC2(C(=O)O)CCCC2)c1. The summed E-state index contributed by atoms with van der Waals surface area (Å²) in [6.07, 6.45) is 2.82. The van der Waals surface area contributed by atoms with Crippen LogP contribution in [0.2, 0.25) is 0 Å². The van der Waals surface area contributed by atoms with Crippen LogP contribution in [-0.2, 0) is 9.59 Å². The summed E-state index contributed by atoms with van der Waals surface area (Å²) in [5.74, 6) is -1.57. The van der Waals surface area contributed by atoms with Crippen LogP contribution >= 0.6 is 0 Å². The lowest BCUT2D eigenvalue weighted by atomic mass is 9.97. The number of carboxylic acid groups (broad SMARTS) is 1. The van der Waals surface area contributed by atoms with Crippen LogP contribution in [-0.4, -0.2) is 28.4 Å². The summed E-state index contributed by atoms with van der Waals surface area (Å²) in [6, 6.07) is 6.49. The number of carbonyl (C=O) groups excluding carboxylic acids is 2. The molecular formula is C16H20N2O4. The molecule has 1 aromatic rings. The maximum absolute atomic E-state index is 12.3. The molecule has 1 aliphatic carbocycles. The van der Waals surface area contributed by atoms with Gasteiger partial charge in [-0.25, -0.2) is 4.79 Å². The van der Waals surface area contributed by atoms with E-state index in [1.807, 2.05) is 0 Å². The van der Waals surface area contributed by atoms with E-state index in [9.17, 15) is 19.5 Å². The molecule has 1 aromatic carbocycles. The van der Waals surface area contributed by atoms with Gasteiger partial charge in [-0.1, -0.05) is 25.8 Å². The summed E-state index contributed by atoms with van der Waals surface area (Å²) < 4.78 is 0. The van der Waals surface area contributed by atoms with E-state index in [-0.39, 0.29) is 5.91 Å². The summed E-state index contributed by atoms with van der Waals surface area (Å²) in [5, 5.41) is 14.7. The highest BCUT2D eigenvalue weighted by Gasteiger charge is 2.42. The monoisotopic (exact) mass is 304 g/mol. The quantitative estimate of drug-likeness (QED) is 0.776. The van der Waals surface area contributed by atoms with Gasteiger partial charge in [-0.05, 0) is 31.0 Å². The third kappa shape index (κ3) is 3.44. The van der Waals surface area contributed by atoms with Gasteiger partial charge in [-0.15, -0.1) is 0 Å². The van der Waals surface area contributed by atoms with E-state index in [2.05, 4.69) is 10.6 Å². The molecule has 0 atom stereocenters. The molecule has 1 saturated carbocycles. The molecule has 0 radical (unpaired) electrons. The smallest absolute Gasteiger partial charge is 0.329 e. The van der Waals surface area contributed by atoms with E-state index >= 15 is 0 Å². The molecule has 0 aromatic heterocycles. The molecular weight excluding hydrogens is 284 g/mol. The Bertz CT molecular complexity index is 592. The predicted octanol–water partition coefficient (Wildman–Crippen LogP) is 2.16. The van der Waals surface area contributed by atoms with Crippen molar-refractivity contribution in [1.29, 1.82) is 0 Å². The van der Waals surface area contributed by atoms with Gasteiger partial charge in [-0.3, -0.25) is 9.59 Å². The van der Waals surface area contributed by atoms with Crippen LogP contribution in [0.15, 0.2) is 24.3 Å². The van der Waals surface area contributed by atoms with Crippen LogP contribution in [0, 0.1) is 0 Å². The van der Waals surface area contributed by atoms with Crippen molar-refractivity contribution >= 4 is 23.5 Å². The van der Waals surface area contributed by atoms with Crippen LogP contribution in [0.1, 0.15) is 49.4 Å². The Balaban J connectivity index is 2.14. The maximum atomic E-state index is 12.3. The summed E-state index contributed by atoms with van der Waals surface area (Å²) >= 11 is 0. The Labute approximate surface area is 128 Å². The highest BCUT2D eigenvalue weighted by Crippen LogP contribution is 2.30. The number of anilines is 1. The van der Waals surface area contributed by atoms with Gasteiger partial charge in [0.25, 0.3) is 5.91 Å². The number of hydrogen-bond donors (Lipinski definition) is 3. The zero-order chi connectivity index (χ0) is 16.2. The van der Waals surface area contributed by atoms with Crippen molar-refractivity contribution < 1.29 is 19.5 Å². The molecule has 6 nitrogen and oxygen atoms in total. The lowest BCUT2D eigenvalue weighted by Gasteiger charge is -2.25. The third-order valence-electron chi connectivity index (χ3n) is 3.95. The average Bonchev–Trinajstić information content (AvgIpc) is 2.97. The topological polar surface area (TPSA) is 95.5 Å². The van der Waals surface area contributed by atoms with Crippen molar-refractivity contribution in [1.82, 2.24) is 5.32 Å². The van der Waals surface area contributed by atoms with Gasteiger partial charge in [-0.2, -0.15) is 0 Å². The number of amides is 2. The van der Waals surface area contributed by atoms with E-state index in [4.69, 9.17) is 0 Å². The standard InChI is InChI=1S/C16H20N2O4/c1-2-13(19)17-12-7-5-6-11(10-12)14(20)18-16(15(21)22)8-3-4-9-16/h5-7,10H,2-4,8-9H2,1H3,(H,17,19)(H,18,20)(H,21,22). The molecule has 0 aliphatic heterocycles. The molecule has 22 heavy (non-hydrogen) atoms. The number of nitrogens with one attached hydrogen (secondary N) is 2. The highest BCUT2D eigenvalue weighted by molar-refractivity contribution is 5.99. The first-order valence-electron chi connectivity index (χ1n) is 7.43. The molecule has 1 aliphatic rings. The van der Waals surface area contributed by atoms with E-state index in [1.54, 1.807) is 31.2 Å². The average molecular weight is 304 g/mol. The fourth-order valence-corrected chi connectivity index (χ4v) is 2.65. The molecule has 0 heterocycles. The summed E-state index contributed by atoms with van der Waals surface area (Å²) in [7, 11) is 0. The normalized spacial score (nSPS) is 16.0. The molecule has 2 amide bonds. The van der Waals surface area contributed by atoms with E-state index in [1.165, 1.54) is 0 Å². The third-order valence-corrected chi connectivity index (χ3v) is 3.95. The highest BCUT2D eigenvalue weighted by atomic mass is 16.4. The van der Waals surface area contributed by atoms with Crippen molar-refractivity contribution in [2.45, 2.75) is 44.6 Å². The minimum atomic E-state index is -1.17. The van der Waals surface area contributed by atoms with Gasteiger partial charge >= 0.3 is 5.97 Å². The summed E-state index contributed by atoms with van der Waals surface area (Å²) in [6.45, 7) is 1.74. The van der Waals surface area contributed by atoms with Gasteiger partial charge in [0.2, 0.25) is 5.91 Å². The van der Waals surface area contributed by atoms with Crippen molar-refractivity contribution in [3.63, 3.8) is 0 Å². The molecule has 1 fully saturated rings. The fraction of sp³-hybridized carbons (Fsp3) is 0.438. The van der Waals surface area contributed by atoms with E-state index in [0.29, 0.717) is 30.5 Å². The van der Waals surface area contributed by atoms with Crippen LogP contribution in [0.3, 0.4) is 0 Å². The number of carbonyl (C=O) groups is 3. The lowest BCUT2D eigenvalue weighted by Crippen LogP contribution is -2.52. The van der Waals surface area contributed by atoms with E-state index in [0.717, 1.165) is 12.8 Å². The molecule has 0 spiro atoms. The van der Waals surface area contributed by atoms with Crippen molar-refractivity contribution in [3.8, 4) is 0 Å².